The summed E-state index contributed by atoms with van der Waals surface area (Å²) in [5.41, 5.74) is 0.821. The minimum Gasteiger partial charge on any atom is -0.454 e. The van der Waals surface area contributed by atoms with Gasteiger partial charge in [0, 0.05) is 13.1 Å². The molecule has 0 aliphatic carbocycles. The maximum absolute atomic E-state index is 12.7. The smallest absolute Gasteiger partial charge is 0.287 e. The van der Waals surface area contributed by atoms with Gasteiger partial charge in [-0.1, -0.05) is 30.0 Å². The predicted molar refractivity (Wildman–Crippen MR) is 111 cm³/mol. The number of thiocarbonyl (C=S) groups is 1. The lowest BCUT2D eigenvalue weighted by atomic mass is 10.2. The van der Waals surface area contributed by atoms with Crippen LogP contribution in [0, 0.1) is 0 Å². The van der Waals surface area contributed by atoms with Crippen LogP contribution in [0.25, 0.3) is 6.08 Å². The first-order valence-corrected chi connectivity index (χ1v) is 10.2. The summed E-state index contributed by atoms with van der Waals surface area (Å²) in [5.74, 6) is 0.982. The van der Waals surface area contributed by atoms with E-state index >= 15 is 0 Å². The monoisotopic (exact) mass is 480 g/mol. The summed E-state index contributed by atoms with van der Waals surface area (Å²) in [4.78, 5) is 26.6. The SMILES string of the molecule is O=C(NCCN1C(=O)C(=Cc2ccc3c(c2)OCO3)SC1=S)c1ccc(Br)o1. The normalized spacial score (nSPS) is 16.9. The highest BCUT2D eigenvalue weighted by Crippen LogP contribution is 2.36. The Morgan fingerprint density at radius 2 is 2.11 bits per heavy atom. The molecule has 3 heterocycles. The first-order chi connectivity index (χ1) is 13.5. The predicted octanol–water partition coefficient (Wildman–Crippen LogP) is 3.40. The van der Waals surface area contributed by atoms with Crippen LogP contribution in [0.15, 0.2) is 44.3 Å². The lowest BCUT2D eigenvalue weighted by Gasteiger charge is -2.14. The standard InChI is InChI=1S/C18H13BrN2O5S2/c19-15-4-3-12(26-15)16(22)20-5-6-21-17(23)14(28-18(21)27)8-10-1-2-11-13(7-10)25-9-24-11/h1-4,7-8H,5-6,9H2,(H,20,22). The Kier molecular flexibility index (Phi) is 5.42. The number of carbonyl (C=O) groups is 2. The molecule has 2 aromatic rings. The molecule has 1 saturated heterocycles. The van der Waals surface area contributed by atoms with Gasteiger partial charge in [0.2, 0.25) is 6.79 Å². The summed E-state index contributed by atoms with van der Waals surface area (Å²) in [5, 5.41) is 2.71. The fourth-order valence-corrected chi connectivity index (χ4v) is 4.27. The lowest BCUT2D eigenvalue weighted by Crippen LogP contribution is -2.37. The molecule has 1 N–H and O–H groups in total. The molecule has 2 amide bonds. The number of fused-ring (bicyclic) bond motifs is 1. The summed E-state index contributed by atoms with van der Waals surface area (Å²) >= 11 is 9.69. The van der Waals surface area contributed by atoms with Crippen molar-refractivity contribution in [2.75, 3.05) is 19.9 Å². The van der Waals surface area contributed by atoms with E-state index < -0.39 is 0 Å². The number of benzene rings is 1. The third-order valence-electron chi connectivity index (χ3n) is 3.99. The maximum atomic E-state index is 12.7. The number of carbonyl (C=O) groups excluding carboxylic acids is 2. The van der Waals surface area contributed by atoms with Gasteiger partial charge >= 0.3 is 0 Å². The molecule has 1 aromatic carbocycles. The van der Waals surface area contributed by atoms with Crippen LogP contribution in [0.4, 0.5) is 0 Å². The fraction of sp³-hybridized carbons (Fsp3) is 0.167. The van der Waals surface area contributed by atoms with Crippen LogP contribution in [-0.2, 0) is 4.79 Å². The molecule has 0 atom stereocenters. The van der Waals surface area contributed by atoms with Crippen molar-refractivity contribution in [2.45, 2.75) is 0 Å². The molecular formula is C18H13BrN2O5S2. The van der Waals surface area contributed by atoms with Gasteiger partial charge in [0.25, 0.3) is 11.8 Å². The molecule has 2 aliphatic rings. The van der Waals surface area contributed by atoms with Gasteiger partial charge in [-0.05, 0) is 51.8 Å². The molecular weight excluding hydrogens is 468 g/mol. The zero-order chi connectivity index (χ0) is 19.7. The summed E-state index contributed by atoms with van der Waals surface area (Å²) in [6, 6.07) is 8.67. The molecule has 4 rings (SSSR count). The van der Waals surface area contributed by atoms with Crippen LogP contribution in [-0.4, -0.2) is 40.9 Å². The van der Waals surface area contributed by atoms with Crippen molar-refractivity contribution in [2.24, 2.45) is 0 Å². The first kappa shape index (κ1) is 19.0. The van der Waals surface area contributed by atoms with E-state index in [0.717, 1.165) is 5.56 Å². The van der Waals surface area contributed by atoms with Gasteiger partial charge in [0.15, 0.2) is 21.9 Å². The largest absolute Gasteiger partial charge is 0.454 e. The van der Waals surface area contributed by atoms with E-state index in [2.05, 4.69) is 21.2 Å². The van der Waals surface area contributed by atoms with Gasteiger partial charge in [0.1, 0.15) is 4.32 Å². The summed E-state index contributed by atoms with van der Waals surface area (Å²) in [6.45, 7) is 0.721. The maximum Gasteiger partial charge on any atom is 0.287 e. The number of nitrogens with one attached hydrogen (secondary N) is 1. The van der Waals surface area contributed by atoms with Gasteiger partial charge in [0.05, 0.1) is 4.91 Å². The average molecular weight is 481 g/mol. The molecule has 0 bridgehead atoms. The number of hydrogen-bond acceptors (Lipinski definition) is 7. The fourth-order valence-electron chi connectivity index (χ4n) is 2.65. The molecule has 7 nitrogen and oxygen atoms in total. The zero-order valence-corrected chi connectivity index (χ0v) is 17.5. The van der Waals surface area contributed by atoms with Crippen LogP contribution in [0.2, 0.25) is 0 Å². The number of rotatable bonds is 5. The van der Waals surface area contributed by atoms with Crippen molar-refractivity contribution in [1.29, 1.82) is 0 Å². The van der Waals surface area contributed by atoms with Crippen molar-refractivity contribution >= 4 is 62.1 Å². The zero-order valence-electron chi connectivity index (χ0n) is 14.3. The van der Waals surface area contributed by atoms with E-state index in [9.17, 15) is 9.59 Å². The van der Waals surface area contributed by atoms with Gasteiger partial charge in [-0.15, -0.1) is 0 Å². The number of halogens is 1. The third-order valence-corrected chi connectivity index (χ3v) is 5.79. The average Bonchev–Trinajstić information content (AvgIpc) is 3.37. The van der Waals surface area contributed by atoms with Crippen molar-refractivity contribution in [1.82, 2.24) is 10.2 Å². The minimum atomic E-state index is -0.355. The molecule has 0 spiro atoms. The number of ether oxygens (including phenoxy) is 2. The summed E-state index contributed by atoms with van der Waals surface area (Å²) in [6.07, 6.45) is 1.76. The molecule has 1 fully saturated rings. The Morgan fingerprint density at radius 1 is 1.29 bits per heavy atom. The molecule has 0 saturated carbocycles. The Hall–Kier alpha value is -2.30. The highest BCUT2D eigenvalue weighted by molar-refractivity contribution is 9.10. The van der Waals surface area contributed by atoms with E-state index in [1.54, 1.807) is 24.3 Å². The second-order valence-corrected chi connectivity index (χ2v) is 8.26. The Morgan fingerprint density at radius 3 is 2.89 bits per heavy atom. The van der Waals surface area contributed by atoms with Crippen molar-refractivity contribution in [3.05, 3.63) is 51.2 Å². The Labute approximate surface area is 178 Å². The van der Waals surface area contributed by atoms with E-state index in [1.807, 2.05) is 12.1 Å². The number of nitrogens with zero attached hydrogens (tertiary/aromatic N) is 1. The van der Waals surface area contributed by atoms with Crippen LogP contribution in [0.1, 0.15) is 16.1 Å². The van der Waals surface area contributed by atoms with E-state index in [4.69, 9.17) is 26.1 Å². The molecule has 10 heteroatoms. The highest BCUT2D eigenvalue weighted by Gasteiger charge is 2.31. The lowest BCUT2D eigenvalue weighted by molar-refractivity contribution is -0.122. The molecule has 28 heavy (non-hydrogen) atoms. The first-order valence-electron chi connectivity index (χ1n) is 8.20. The van der Waals surface area contributed by atoms with Gasteiger partial charge in [-0.25, -0.2) is 0 Å². The third kappa shape index (κ3) is 3.94. The van der Waals surface area contributed by atoms with Gasteiger partial charge in [-0.3, -0.25) is 14.5 Å². The molecule has 0 radical (unpaired) electrons. The number of furan rings is 1. The van der Waals surface area contributed by atoms with Crippen LogP contribution in [0.3, 0.4) is 0 Å². The van der Waals surface area contributed by atoms with Crippen LogP contribution < -0.4 is 14.8 Å². The molecule has 1 aromatic heterocycles. The van der Waals surface area contributed by atoms with E-state index in [1.165, 1.54) is 16.7 Å². The van der Waals surface area contributed by atoms with Gasteiger partial charge in [-0.2, -0.15) is 0 Å². The van der Waals surface area contributed by atoms with Gasteiger partial charge < -0.3 is 19.2 Å². The van der Waals surface area contributed by atoms with Crippen LogP contribution in [0.5, 0.6) is 11.5 Å². The topological polar surface area (TPSA) is 81.0 Å². The summed E-state index contributed by atoms with van der Waals surface area (Å²) < 4.78 is 16.8. The Bertz CT molecular complexity index is 1000. The molecule has 2 aliphatic heterocycles. The number of thioether (sulfide) groups is 1. The van der Waals surface area contributed by atoms with E-state index in [0.29, 0.717) is 25.4 Å². The van der Waals surface area contributed by atoms with Crippen molar-refractivity contribution < 1.29 is 23.5 Å². The quantitative estimate of drug-likeness (QED) is 0.518. The second-order valence-electron chi connectivity index (χ2n) is 5.81. The van der Waals surface area contributed by atoms with E-state index in [-0.39, 0.29) is 37.5 Å². The van der Waals surface area contributed by atoms with Crippen molar-refractivity contribution in [3.8, 4) is 11.5 Å². The number of amides is 2. The van der Waals surface area contributed by atoms with Crippen LogP contribution >= 0.6 is 39.9 Å². The van der Waals surface area contributed by atoms with Crippen molar-refractivity contribution in [3.63, 3.8) is 0 Å². The number of hydrogen-bond donors (Lipinski definition) is 1. The molecule has 144 valence electrons. The highest BCUT2D eigenvalue weighted by atomic mass is 79.9. The summed E-state index contributed by atoms with van der Waals surface area (Å²) in [7, 11) is 0. The molecule has 0 unspecified atom stereocenters. The Balaban J connectivity index is 1.38. The minimum absolute atomic E-state index is 0.192. The second kappa shape index (κ2) is 7.98.